The molecule has 0 spiro atoms. The van der Waals surface area contributed by atoms with E-state index in [1.165, 1.54) is 13.0 Å². The van der Waals surface area contributed by atoms with E-state index in [0.717, 1.165) is 51.4 Å². The smallest absolute Gasteiger partial charge is 0.309 e. The van der Waals surface area contributed by atoms with Crippen molar-refractivity contribution in [3.63, 3.8) is 0 Å². The van der Waals surface area contributed by atoms with Gasteiger partial charge in [-0.1, -0.05) is 32.4 Å². The molecule has 1 saturated carbocycles. The zero-order chi connectivity index (χ0) is 21.1. The molecule has 3 rings (SSSR count). The van der Waals surface area contributed by atoms with Gasteiger partial charge in [-0.3, -0.25) is 4.79 Å². The molecule has 1 aromatic rings. The summed E-state index contributed by atoms with van der Waals surface area (Å²) in [5, 5.41) is 9.57. The first-order valence-electron chi connectivity index (χ1n) is 11.2. The van der Waals surface area contributed by atoms with E-state index in [9.17, 15) is 18.7 Å². The number of aliphatic hydroxyl groups excluding tert-OH is 1. The van der Waals surface area contributed by atoms with Gasteiger partial charge in [0.2, 0.25) is 0 Å². The van der Waals surface area contributed by atoms with Crippen molar-refractivity contribution in [2.45, 2.75) is 90.3 Å². The lowest BCUT2D eigenvalue weighted by atomic mass is 9.71. The molecule has 0 amide bonds. The zero-order valence-electron chi connectivity index (χ0n) is 17.8. The number of hydrogen-bond donors (Lipinski definition) is 1. The number of rotatable bonds is 6. The van der Waals surface area contributed by atoms with Crippen molar-refractivity contribution in [1.29, 1.82) is 0 Å². The van der Waals surface area contributed by atoms with Crippen LogP contribution in [0.15, 0.2) is 12.1 Å². The van der Waals surface area contributed by atoms with Crippen molar-refractivity contribution >= 4 is 5.97 Å². The number of halogens is 2. The van der Waals surface area contributed by atoms with Crippen molar-refractivity contribution in [3.05, 3.63) is 34.9 Å². The van der Waals surface area contributed by atoms with Crippen LogP contribution < -0.4 is 0 Å². The largest absolute Gasteiger partial charge is 0.462 e. The molecule has 5 heteroatoms. The van der Waals surface area contributed by atoms with E-state index in [1.54, 1.807) is 6.07 Å². The minimum absolute atomic E-state index is 0.00107. The van der Waals surface area contributed by atoms with Crippen molar-refractivity contribution in [2.24, 2.45) is 17.8 Å². The van der Waals surface area contributed by atoms with Crippen molar-refractivity contribution in [3.8, 4) is 0 Å². The number of carbonyl (C=O) groups excluding carboxylic acids is 1. The molecule has 1 aliphatic carbocycles. The minimum Gasteiger partial charge on any atom is -0.462 e. The molecule has 2 aliphatic rings. The molecule has 4 unspecified atom stereocenters. The summed E-state index contributed by atoms with van der Waals surface area (Å²) in [7, 11) is 0. The Morgan fingerprint density at radius 3 is 2.34 bits per heavy atom. The summed E-state index contributed by atoms with van der Waals surface area (Å²) in [6.07, 6.45) is 6.17. The van der Waals surface area contributed by atoms with Gasteiger partial charge >= 0.3 is 5.97 Å². The van der Waals surface area contributed by atoms with Gasteiger partial charge in [0.25, 0.3) is 0 Å². The molecule has 0 bridgehead atoms. The fourth-order valence-corrected chi connectivity index (χ4v) is 5.25. The Hall–Kier alpha value is -1.49. The van der Waals surface area contributed by atoms with Crippen molar-refractivity contribution in [1.82, 2.24) is 0 Å². The first kappa shape index (κ1) is 22.2. The fourth-order valence-electron chi connectivity index (χ4n) is 5.25. The van der Waals surface area contributed by atoms with Crippen LogP contribution in [0.1, 0.15) is 95.3 Å². The molecule has 1 saturated heterocycles. The second-order valence-electron chi connectivity index (χ2n) is 9.06. The second-order valence-corrected chi connectivity index (χ2v) is 9.06. The van der Waals surface area contributed by atoms with Gasteiger partial charge in [-0.25, -0.2) is 8.78 Å². The maximum absolute atomic E-state index is 14.6. The highest BCUT2D eigenvalue weighted by Gasteiger charge is 2.37. The van der Waals surface area contributed by atoms with Crippen molar-refractivity contribution < 1.29 is 23.4 Å². The van der Waals surface area contributed by atoms with Crippen LogP contribution in [0.25, 0.3) is 0 Å². The predicted octanol–water partition coefficient (Wildman–Crippen LogP) is 6.05. The summed E-state index contributed by atoms with van der Waals surface area (Å²) in [6, 6.07) is 3.13. The van der Waals surface area contributed by atoms with Crippen LogP contribution in [0.5, 0.6) is 0 Å². The molecule has 4 atom stereocenters. The van der Waals surface area contributed by atoms with Gasteiger partial charge in [-0.15, -0.1) is 0 Å². The van der Waals surface area contributed by atoms with Crippen LogP contribution in [-0.4, -0.2) is 17.2 Å². The molecule has 1 N–H and O–H groups in total. The molecule has 0 radical (unpaired) electrons. The number of cyclic esters (lactones) is 1. The number of hydrogen-bond acceptors (Lipinski definition) is 3. The van der Waals surface area contributed by atoms with Gasteiger partial charge < -0.3 is 9.84 Å². The number of carbonyl (C=O) groups is 1. The standard InChI is InChI=1S/C24H34F2O3/c1-4-5-18-10-13-21(29-24(18)28)14(2)16-6-8-17(9-7-16)20-12-11-19(15(3)27)22(25)23(20)26/h11-12,14-18,21,27H,4-10,13H2,1-3H3. The zero-order valence-corrected chi connectivity index (χ0v) is 17.8. The summed E-state index contributed by atoms with van der Waals surface area (Å²) in [4.78, 5) is 12.2. The summed E-state index contributed by atoms with van der Waals surface area (Å²) in [6.45, 7) is 5.69. The minimum atomic E-state index is -1.02. The van der Waals surface area contributed by atoms with Crippen LogP contribution in [-0.2, 0) is 9.53 Å². The highest BCUT2D eigenvalue weighted by molar-refractivity contribution is 5.73. The van der Waals surface area contributed by atoms with Gasteiger partial charge in [-0.05, 0) is 75.2 Å². The molecule has 29 heavy (non-hydrogen) atoms. The molecule has 162 valence electrons. The molecular formula is C24H34F2O3. The fraction of sp³-hybridized carbons (Fsp3) is 0.708. The molecule has 2 fully saturated rings. The third-order valence-electron chi connectivity index (χ3n) is 7.17. The van der Waals surface area contributed by atoms with Crippen LogP contribution in [0.4, 0.5) is 8.78 Å². The average Bonchev–Trinajstić information content (AvgIpc) is 2.71. The third kappa shape index (κ3) is 4.82. The molecule has 1 aromatic carbocycles. The normalized spacial score (nSPS) is 29.9. The summed E-state index contributed by atoms with van der Waals surface area (Å²) >= 11 is 0. The van der Waals surface area contributed by atoms with E-state index in [4.69, 9.17) is 4.74 Å². The predicted molar refractivity (Wildman–Crippen MR) is 108 cm³/mol. The van der Waals surface area contributed by atoms with Crippen molar-refractivity contribution in [2.75, 3.05) is 0 Å². The highest BCUT2D eigenvalue weighted by Crippen LogP contribution is 2.43. The lowest BCUT2D eigenvalue weighted by Crippen LogP contribution is -2.38. The van der Waals surface area contributed by atoms with E-state index >= 15 is 0 Å². The van der Waals surface area contributed by atoms with Gasteiger partial charge in [0.1, 0.15) is 6.10 Å². The Balaban J connectivity index is 1.58. The lowest BCUT2D eigenvalue weighted by Gasteiger charge is -2.38. The Morgan fingerprint density at radius 1 is 1.07 bits per heavy atom. The van der Waals surface area contributed by atoms with Crippen LogP contribution in [0, 0.1) is 29.4 Å². The average molecular weight is 409 g/mol. The van der Waals surface area contributed by atoms with Crippen LogP contribution in [0.2, 0.25) is 0 Å². The number of benzene rings is 1. The van der Waals surface area contributed by atoms with Gasteiger partial charge in [-0.2, -0.15) is 0 Å². The first-order valence-corrected chi connectivity index (χ1v) is 11.2. The second kappa shape index (κ2) is 9.55. The van der Waals surface area contributed by atoms with E-state index in [0.29, 0.717) is 17.4 Å². The third-order valence-corrected chi connectivity index (χ3v) is 7.17. The lowest BCUT2D eigenvalue weighted by molar-refractivity contribution is -0.165. The van der Waals surface area contributed by atoms with Gasteiger partial charge in [0, 0.05) is 5.56 Å². The van der Waals surface area contributed by atoms with Gasteiger partial charge in [0.15, 0.2) is 11.6 Å². The van der Waals surface area contributed by atoms with E-state index < -0.39 is 17.7 Å². The monoisotopic (exact) mass is 408 g/mol. The van der Waals surface area contributed by atoms with E-state index in [2.05, 4.69) is 13.8 Å². The first-order chi connectivity index (χ1) is 13.8. The molecular weight excluding hydrogens is 374 g/mol. The summed E-state index contributed by atoms with van der Waals surface area (Å²) in [5.41, 5.74) is 0.429. The molecule has 0 aromatic heterocycles. The Bertz CT molecular complexity index is 710. The topological polar surface area (TPSA) is 46.5 Å². The Kier molecular flexibility index (Phi) is 7.31. The summed E-state index contributed by atoms with van der Waals surface area (Å²) < 4.78 is 34.6. The van der Waals surface area contributed by atoms with Gasteiger partial charge in [0.05, 0.1) is 12.0 Å². The highest BCUT2D eigenvalue weighted by atomic mass is 19.2. The molecule has 1 aliphatic heterocycles. The van der Waals surface area contributed by atoms with Crippen LogP contribution >= 0.6 is 0 Å². The maximum atomic E-state index is 14.6. The van der Waals surface area contributed by atoms with E-state index in [1.807, 2.05) is 0 Å². The number of ether oxygens (including phenoxy) is 1. The molecule has 1 heterocycles. The maximum Gasteiger partial charge on any atom is 0.309 e. The summed E-state index contributed by atoms with van der Waals surface area (Å²) in [5.74, 6) is -0.996. The number of esters is 1. The van der Waals surface area contributed by atoms with Crippen LogP contribution in [0.3, 0.4) is 0 Å². The Labute approximate surface area is 172 Å². The Morgan fingerprint density at radius 2 is 1.76 bits per heavy atom. The quantitative estimate of drug-likeness (QED) is 0.583. The molecule has 3 nitrogen and oxygen atoms in total. The number of aliphatic hydroxyl groups is 1. The SMILES string of the molecule is CCCC1CCC(C(C)C2CCC(c3ccc(C(C)O)c(F)c3F)CC2)OC1=O. The van der Waals surface area contributed by atoms with E-state index in [-0.39, 0.29) is 29.5 Å².